The summed E-state index contributed by atoms with van der Waals surface area (Å²) >= 11 is 0. The van der Waals surface area contributed by atoms with Gasteiger partial charge in [-0.3, -0.25) is 14.4 Å². The van der Waals surface area contributed by atoms with E-state index in [9.17, 15) is 24.0 Å². The van der Waals surface area contributed by atoms with Crippen LogP contribution in [0.15, 0.2) is 78.9 Å². The molecule has 4 aliphatic rings. The summed E-state index contributed by atoms with van der Waals surface area (Å²) in [5.74, 6) is 5.20. The lowest BCUT2D eigenvalue weighted by molar-refractivity contribution is -0.159. The van der Waals surface area contributed by atoms with E-state index < -0.39 is 23.0 Å². The van der Waals surface area contributed by atoms with Crippen LogP contribution in [0.4, 0.5) is 4.79 Å². The summed E-state index contributed by atoms with van der Waals surface area (Å²) in [6.07, 6.45) is 7.79. The molecule has 1 unspecified atom stereocenters. The van der Waals surface area contributed by atoms with Gasteiger partial charge in [0.2, 0.25) is 20.4 Å². The van der Waals surface area contributed by atoms with Crippen molar-refractivity contribution in [2.75, 3.05) is 33.5 Å². The lowest BCUT2D eigenvalue weighted by atomic mass is 9.90. The molecule has 4 fully saturated rings. The van der Waals surface area contributed by atoms with Gasteiger partial charge in [-0.05, 0) is 185 Å². The molecule has 1 amide bonds. The van der Waals surface area contributed by atoms with Crippen molar-refractivity contribution in [3.8, 4) is 23.0 Å². The van der Waals surface area contributed by atoms with Crippen LogP contribution in [0.5, 0.6) is 23.0 Å². The monoisotopic (exact) mass is 1150 g/mol. The summed E-state index contributed by atoms with van der Waals surface area (Å²) < 4.78 is 44.6. The molecule has 3 aliphatic carbocycles. The molecule has 0 spiro atoms. The van der Waals surface area contributed by atoms with E-state index in [1.807, 2.05) is 41.5 Å². The Bertz CT molecular complexity index is 2830. The zero-order valence-corrected chi connectivity index (χ0v) is 52.5. The molecule has 4 atom stereocenters. The van der Waals surface area contributed by atoms with E-state index in [4.69, 9.17) is 37.9 Å². The van der Waals surface area contributed by atoms with Crippen molar-refractivity contribution in [1.82, 2.24) is 4.90 Å². The molecule has 83 heavy (non-hydrogen) atoms. The van der Waals surface area contributed by atoms with E-state index in [0.29, 0.717) is 60.9 Å². The first-order chi connectivity index (χ1) is 39.2. The molecule has 0 radical (unpaired) electrons. The molecular weight excluding hydrogens is 1050 g/mol. The van der Waals surface area contributed by atoms with Gasteiger partial charge in [0, 0.05) is 20.0 Å². The first-order valence-corrected chi connectivity index (χ1v) is 30.2. The topological polar surface area (TPSA) is 162 Å². The van der Waals surface area contributed by atoms with Crippen molar-refractivity contribution in [2.24, 2.45) is 29.1 Å². The first kappa shape index (κ1) is 65.6. The Labute approximate surface area is 494 Å². The van der Waals surface area contributed by atoms with Gasteiger partial charge in [0.1, 0.15) is 34.2 Å². The van der Waals surface area contributed by atoms with Gasteiger partial charge in [-0.15, -0.1) is 0 Å². The third-order valence-corrected chi connectivity index (χ3v) is 15.9. The average Bonchev–Trinajstić information content (AvgIpc) is 4.52. The summed E-state index contributed by atoms with van der Waals surface area (Å²) in [6.45, 7) is 32.4. The quantitative estimate of drug-likeness (QED) is 0.0336. The summed E-state index contributed by atoms with van der Waals surface area (Å²) in [4.78, 5) is 62.0. The van der Waals surface area contributed by atoms with E-state index in [1.165, 1.54) is 62.1 Å². The van der Waals surface area contributed by atoms with Gasteiger partial charge >= 0.3 is 30.0 Å². The maximum Gasteiger partial charge on any atom is 0.410 e. The average molecular weight is 1150 g/mol. The molecule has 14 nitrogen and oxygen atoms in total. The summed E-state index contributed by atoms with van der Waals surface area (Å²) in [7, 11) is 0. The van der Waals surface area contributed by atoms with Crippen LogP contribution in [0.2, 0.25) is 0 Å². The smallest absolute Gasteiger partial charge is 0.410 e. The molecule has 4 aromatic carbocycles. The van der Waals surface area contributed by atoms with Crippen molar-refractivity contribution in [3.63, 3.8) is 0 Å². The van der Waals surface area contributed by atoms with Crippen LogP contribution in [-0.2, 0) is 33.3 Å². The minimum Gasteiger partial charge on any atom is -0.457 e. The second-order valence-electron chi connectivity index (χ2n) is 26.0. The van der Waals surface area contributed by atoms with Gasteiger partial charge < -0.3 is 42.8 Å². The molecule has 0 aromatic heterocycles. The lowest BCUT2D eigenvalue weighted by Gasteiger charge is -2.24. The zero-order chi connectivity index (χ0) is 60.9. The highest BCUT2D eigenvalue weighted by atomic mass is 16.7. The van der Waals surface area contributed by atoms with Crippen molar-refractivity contribution in [3.05, 3.63) is 118 Å². The minimum absolute atomic E-state index is 0.0236. The number of para-hydroxylation sites is 4. The summed E-state index contributed by atoms with van der Waals surface area (Å²) in [5, 5.41) is 0. The van der Waals surface area contributed by atoms with Crippen LogP contribution in [-0.4, -0.2) is 73.9 Å². The summed E-state index contributed by atoms with van der Waals surface area (Å²) in [6, 6.07) is 25.4. The number of hydrogen-bond acceptors (Lipinski definition) is 13. The maximum atomic E-state index is 12.6. The van der Waals surface area contributed by atoms with Gasteiger partial charge in [-0.25, -0.2) is 9.59 Å². The van der Waals surface area contributed by atoms with E-state index in [1.54, 1.807) is 29.2 Å². The van der Waals surface area contributed by atoms with Gasteiger partial charge in [0.05, 0.1) is 11.3 Å². The predicted octanol–water partition coefficient (Wildman–Crippen LogP) is 16.2. The molecular formula is C69H95NO13. The fourth-order valence-electron chi connectivity index (χ4n) is 10.4. The Morgan fingerprint density at radius 2 is 0.904 bits per heavy atom. The van der Waals surface area contributed by atoms with Gasteiger partial charge in [0.15, 0.2) is 0 Å². The molecule has 1 aliphatic heterocycles. The van der Waals surface area contributed by atoms with Crippen LogP contribution in [0, 0.1) is 29.1 Å². The Hall–Kier alpha value is -6.57. The number of ether oxygens (including phenoxy) is 8. The SMILES string of the molecule is CC(=O)Oc1ccccc1C(=O)OCOc1c(C(C)C)cccc1[C@H](C)C1CC1.CC(C)c1cccc([C@H](C)C2CC2)c1OCOC(=O)C(C)(C)C.CC(C)c1cccc([C@H](C)C2CC2)c1OCOC(=O)C1CCN(C(=O)OC(C)(C)C)C1. The number of carbonyl (C=O) groups excluding carboxylic acids is 5. The van der Waals surface area contributed by atoms with Gasteiger partial charge in [-0.1, -0.05) is 129 Å². The largest absolute Gasteiger partial charge is 0.457 e. The second-order valence-corrected chi connectivity index (χ2v) is 26.0. The number of benzene rings is 4. The fourth-order valence-corrected chi connectivity index (χ4v) is 10.4. The minimum atomic E-state index is -0.597. The number of nitrogens with zero attached hydrogens (tertiary/aromatic N) is 1. The third-order valence-electron chi connectivity index (χ3n) is 15.9. The Kier molecular flexibility index (Phi) is 23.1. The Balaban J connectivity index is 0.000000202. The molecule has 4 aromatic rings. The summed E-state index contributed by atoms with van der Waals surface area (Å²) in [5.41, 5.74) is 6.15. The van der Waals surface area contributed by atoms with Crippen LogP contribution in [0.3, 0.4) is 0 Å². The Morgan fingerprint density at radius 1 is 0.506 bits per heavy atom. The Morgan fingerprint density at radius 3 is 1.29 bits per heavy atom. The van der Waals surface area contributed by atoms with Crippen molar-refractivity contribution >= 4 is 30.0 Å². The normalized spacial score (nSPS) is 17.0. The van der Waals surface area contributed by atoms with Crippen LogP contribution >= 0.6 is 0 Å². The van der Waals surface area contributed by atoms with E-state index >= 15 is 0 Å². The maximum absolute atomic E-state index is 12.6. The van der Waals surface area contributed by atoms with Gasteiger partial charge in [-0.2, -0.15) is 0 Å². The molecule has 1 saturated heterocycles. The van der Waals surface area contributed by atoms with Crippen molar-refractivity contribution < 1.29 is 61.9 Å². The molecule has 0 bridgehead atoms. The first-order valence-electron chi connectivity index (χ1n) is 30.2. The third kappa shape index (κ3) is 19.2. The van der Waals surface area contributed by atoms with Crippen LogP contribution in [0.1, 0.15) is 235 Å². The molecule has 1 heterocycles. The number of likely N-dealkylation sites (tertiary alicyclic amines) is 1. The predicted molar refractivity (Wildman–Crippen MR) is 322 cm³/mol. The fraction of sp³-hybridized carbons (Fsp3) is 0.580. The molecule has 454 valence electrons. The number of carbonyl (C=O) groups is 5. The molecule has 14 heteroatoms. The lowest BCUT2D eigenvalue weighted by Crippen LogP contribution is -2.36. The van der Waals surface area contributed by atoms with Crippen molar-refractivity contribution in [2.45, 2.75) is 197 Å². The molecule has 0 N–H and O–H groups in total. The highest BCUT2D eigenvalue weighted by Crippen LogP contribution is 2.49. The van der Waals surface area contributed by atoms with E-state index in [2.05, 4.69) is 117 Å². The molecule has 8 rings (SSSR count). The highest BCUT2D eigenvalue weighted by molar-refractivity contribution is 5.93. The number of hydrogen-bond donors (Lipinski definition) is 0. The second kappa shape index (κ2) is 29.3. The number of esters is 4. The van der Waals surface area contributed by atoms with Crippen molar-refractivity contribution in [1.29, 1.82) is 0 Å². The highest BCUT2D eigenvalue weighted by Gasteiger charge is 2.37. The van der Waals surface area contributed by atoms with Gasteiger partial charge in [0.25, 0.3) is 0 Å². The van der Waals surface area contributed by atoms with E-state index in [-0.39, 0.29) is 61.6 Å². The zero-order valence-electron chi connectivity index (χ0n) is 52.5. The van der Waals surface area contributed by atoms with E-state index in [0.717, 1.165) is 39.9 Å². The number of amides is 1. The van der Waals surface area contributed by atoms with Crippen LogP contribution < -0.4 is 18.9 Å². The van der Waals surface area contributed by atoms with Crippen LogP contribution in [0.25, 0.3) is 0 Å². The number of rotatable bonds is 21. The molecule has 3 saturated carbocycles. The standard InChI is InChI=1S/C25H37NO5.C24H28O5.C20H30O3/c1-16(2)20-8-7-9-21(17(3)18-10-11-18)22(20)29-15-30-23(27)19-12-13-26(14-19)24(28)31-25(4,5)6;1-15(2)19-9-7-10-20(16(3)18-12-13-18)23(19)27-14-28-24(26)21-8-5-6-11-22(21)29-17(4)25;1-13(2)16-8-7-9-17(14(3)15-10-11-15)18(16)22-12-23-19(21)20(4,5)6/h7-9,16-19H,10-15H2,1-6H3;5-11,15-16,18H,12-14H2,1-4H3;7-9,13-15H,10-12H2,1-6H3/t17-,19?;16-;14-/m111/s1.